The smallest absolute Gasteiger partial charge is 0.303 e. The molecule has 0 bridgehead atoms. The first-order chi connectivity index (χ1) is 6.63. The molecule has 0 aromatic carbocycles. The minimum absolute atomic E-state index is 0.0123. The fourth-order valence-corrected chi connectivity index (χ4v) is 1.15. The Morgan fingerprint density at radius 1 is 1.64 bits per heavy atom. The fourth-order valence-electron chi connectivity index (χ4n) is 0.984. The van der Waals surface area contributed by atoms with Crippen LogP contribution in [0.5, 0.6) is 5.88 Å². The highest BCUT2D eigenvalue weighted by atomic mass is 35.5. The maximum atomic E-state index is 10.3. The second-order valence-electron chi connectivity index (χ2n) is 2.60. The lowest BCUT2D eigenvalue weighted by atomic mass is 10.1. The van der Waals surface area contributed by atoms with Crippen LogP contribution in [-0.4, -0.2) is 28.4 Å². The summed E-state index contributed by atoms with van der Waals surface area (Å²) in [4.78, 5) is 10.3. The van der Waals surface area contributed by atoms with Gasteiger partial charge in [0, 0.05) is 12.0 Å². The van der Waals surface area contributed by atoms with Gasteiger partial charge in [-0.1, -0.05) is 11.6 Å². The summed E-state index contributed by atoms with van der Waals surface area (Å²) in [5.41, 5.74) is 0.648. The number of carboxylic acids is 1. The number of nitrogens with zero attached hydrogens (tertiary/aromatic N) is 2. The Balaban J connectivity index is 2.82. The largest absolute Gasteiger partial charge is 0.481 e. The molecule has 76 valence electrons. The number of hydrogen-bond donors (Lipinski definition) is 1. The van der Waals surface area contributed by atoms with Crippen molar-refractivity contribution in [1.82, 2.24) is 10.2 Å². The highest BCUT2D eigenvalue weighted by Crippen LogP contribution is 2.18. The Morgan fingerprint density at radius 3 is 2.93 bits per heavy atom. The number of rotatable bonds is 4. The first kappa shape index (κ1) is 10.7. The highest BCUT2D eigenvalue weighted by Gasteiger charge is 2.08. The standard InChI is InChI=1S/C8H9ClN2O3/c1-14-8-5(2-3-7(12)13)4-6(9)10-11-8/h4H,2-3H2,1H3,(H,12,13). The van der Waals surface area contributed by atoms with Crippen molar-refractivity contribution in [3.8, 4) is 5.88 Å². The molecule has 0 spiro atoms. The van der Waals surface area contributed by atoms with Crippen LogP contribution in [0.4, 0.5) is 0 Å². The lowest BCUT2D eigenvalue weighted by Crippen LogP contribution is -2.02. The Hall–Kier alpha value is -1.36. The normalized spacial score (nSPS) is 9.86. The molecule has 0 saturated heterocycles. The number of aliphatic carboxylic acids is 1. The van der Waals surface area contributed by atoms with Crippen molar-refractivity contribution in [2.75, 3.05) is 7.11 Å². The van der Waals surface area contributed by atoms with Crippen molar-refractivity contribution in [2.45, 2.75) is 12.8 Å². The molecular formula is C8H9ClN2O3. The molecule has 0 atom stereocenters. The number of carbonyl (C=O) groups is 1. The molecule has 0 radical (unpaired) electrons. The minimum atomic E-state index is -0.875. The van der Waals surface area contributed by atoms with Gasteiger partial charge in [-0.15, -0.1) is 10.2 Å². The van der Waals surface area contributed by atoms with Crippen LogP contribution >= 0.6 is 11.6 Å². The van der Waals surface area contributed by atoms with Gasteiger partial charge in [-0.2, -0.15) is 0 Å². The number of halogens is 1. The average Bonchev–Trinajstić information content (AvgIpc) is 2.15. The predicted molar refractivity (Wildman–Crippen MR) is 49.6 cm³/mol. The number of aromatic nitrogens is 2. The zero-order chi connectivity index (χ0) is 10.6. The Kier molecular flexibility index (Phi) is 3.64. The summed E-state index contributed by atoms with van der Waals surface area (Å²) < 4.78 is 4.91. The summed E-state index contributed by atoms with van der Waals surface area (Å²) in [6.07, 6.45) is 0.339. The molecule has 0 aliphatic rings. The van der Waals surface area contributed by atoms with E-state index in [1.807, 2.05) is 0 Å². The number of ether oxygens (including phenoxy) is 1. The third-order valence-electron chi connectivity index (χ3n) is 1.61. The van der Waals surface area contributed by atoms with E-state index in [2.05, 4.69) is 10.2 Å². The van der Waals surface area contributed by atoms with Crippen LogP contribution in [0.25, 0.3) is 0 Å². The maximum Gasteiger partial charge on any atom is 0.303 e. The van der Waals surface area contributed by atoms with Gasteiger partial charge in [0.25, 0.3) is 0 Å². The van der Waals surface area contributed by atoms with Crippen LogP contribution in [-0.2, 0) is 11.2 Å². The number of hydrogen-bond acceptors (Lipinski definition) is 4. The van der Waals surface area contributed by atoms with E-state index in [-0.39, 0.29) is 11.6 Å². The van der Waals surface area contributed by atoms with Crippen molar-refractivity contribution in [1.29, 1.82) is 0 Å². The van der Waals surface area contributed by atoms with Crippen LogP contribution in [0.2, 0.25) is 5.15 Å². The monoisotopic (exact) mass is 216 g/mol. The van der Waals surface area contributed by atoms with E-state index in [1.165, 1.54) is 7.11 Å². The summed E-state index contributed by atoms with van der Waals surface area (Å²) in [7, 11) is 1.45. The van der Waals surface area contributed by atoms with Gasteiger partial charge in [-0.25, -0.2) is 0 Å². The van der Waals surface area contributed by atoms with Gasteiger partial charge in [-0.05, 0) is 12.5 Å². The molecule has 6 heteroatoms. The molecule has 5 nitrogen and oxygen atoms in total. The lowest BCUT2D eigenvalue weighted by molar-refractivity contribution is -0.136. The van der Waals surface area contributed by atoms with Gasteiger partial charge in [-0.3, -0.25) is 4.79 Å². The molecule has 0 saturated carbocycles. The van der Waals surface area contributed by atoms with Crippen molar-refractivity contribution in [2.24, 2.45) is 0 Å². The summed E-state index contributed by atoms with van der Waals surface area (Å²) in [6, 6.07) is 1.55. The van der Waals surface area contributed by atoms with Crippen molar-refractivity contribution < 1.29 is 14.6 Å². The first-order valence-electron chi connectivity index (χ1n) is 3.91. The third-order valence-corrected chi connectivity index (χ3v) is 1.79. The van der Waals surface area contributed by atoms with Gasteiger partial charge in [0.1, 0.15) is 0 Å². The fraction of sp³-hybridized carbons (Fsp3) is 0.375. The number of aryl methyl sites for hydroxylation is 1. The molecule has 0 aliphatic heterocycles. The summed E-state index contributed by atoms with van der Waals surface area (Å²) in [6.45, 7) is 0. The SMILES string of the molecule is COc1nnc(Cl)cc1CCC(=O)O. The summed E-state index contributed by atoms with van der Waals surface area (Å²) in [5.74, 6) is -0.560. The third kappa shape index (κ3) is 2.85. The topological polar surface area (TPSA) is 72.3 Å². The Labute approximate surface area is 85.7 Å². The molecule has 1 aromatic rings. The van der Waals surface area contributed by atoms with Crippen molar-refractivity contribution in [3.63, 3.8) is 0 Å². The van der Waals surface area contributed by atoms with Gasteiger partial charge < -0.3 is 9.84 Å². The van der Waals surface area contributed by atoms with E-state index in [0.29, 0.717) is 17.9 Å². The minimum Gasteiger partial charge on any atom is -0.481 e. The second-order valence-corrected chi connectivity index (χ2v) is 2.98. The van der Waals surface area contributed by atoms with Crippen LogP contribution in [0, 0.1) is 0 Å². The molecule has 0 amide bonds. The maximum absolute atomic E-state index is 10.3. The van der Waals surface area contributed by atoms with E-state index < -0.39 is 5.97 Å². The van der Waals surface area contributed by atoms with Crippen LogP contribution < -0.4 is 4.74 Å². The molecular weight excluding hydrogens is 208 g/mol. The van der Waals surface area contributed by atoms with Gasteiger partial charge in [0.2, 0.25) is 5.88 Å². The lowest BCUT2D eigenvalue weighted by Gasteiger charge is -2.04. The molecule has 0 aliphatic carbocycles. The molecule has 0 unspecified atom stereocenters. The van der Waals surface area contributed by atoms with Crippen LogP contribution in [0.3, 0.4) is 0 Å². The average molecular weight is 217 g/mol. The van der Waals surface area contributed by atoms with E-state index in [1.54, 1.807) is 6.07 Å². The molecule has 14 heavy (non-hydrogen) atoms. The van der Waals surface area contributed by atoms with E-state index >= 15 is 0 Å². The molecule has 1 rings (SSSR count). The molecule has 1 N–H and O–H groups in total. The summed E-state index contributed by atoms with van der Waals surface area (Å²) >= 11 is 5.61. The Morgan fingerprint density at radius 2 is 2.36 bits per heavy atom. The van der Waals surface area contributed by atoms with Gasteiger partial charge in [0.05, 0.1) is 7.11 Å². The predicted octanol–water partition coefficient (Wildman–Crippen LogP) is 1.16. The Bertz CT molecular complexity index is 343. The van der Waals surface area contributed by atoms with E-state index in [9.17, 15) is 4.79 Å². The molecule has 0 fully saturated rings. The van der Waals surface area contributed by atoms with Crippen molar-refractivity contribution in [3.05, 3.63) is 16.8 Å². The van der Waals surface area contributed by atoms with Crippen LogP contribution in [0.1, 0.15) is 12.0 Å². The van der Waals surface area contributed by atoms with E-state index in [4.69, 9.17) is 21.4 Å². The zero-order valence-corrected chi connectivity index (χ0v) is 8.28. The van der Waals surface area contributed by atoms with Gasteiger partial charge >= 0.3 is 5.97 Å². The molecule has 1 heterocycles. The number of methoxy groups -OCH3 is 1. The number of carboxylic acid groups (broad SMARTS) is 1. The van der Waals surface area contributed by atoms with Crippen molar-refractivity contribution >= 4 is 17.6 Å². The highest BCUT2D eigenvalue weighted by molar-refractivity contribution is 6.29. The van der Waals surface area contributed by atoms with Gasteiger partial charge in [0.15, 0.2) is 5.15 Å². The summed E-state index contributed by atoms with van der Waals surface area (Å²) in [5, 5.41) is 16.0. The van der Waals surface area contributed by atoms with E-state index in [0.717, 1.165) is 0 Å². The quantitative estimate of drug-likeness (QED) is 0.818. The van der Waals surface area contributed by atoms with Crippen LogP contribution in [0.15, 0.2) is 6.07 Å². The molecule has 1 aromatic heterocycles. The second kappa shape index (κ2) is 4.76. The first-order valence-corrected chi connectivity index (χ1v) is 4.29. The zero-order valence-electron chi connectivity index (χ0n) is 7.53.